The molecular formula is C9H20N2O. The van der Waals surface area contributed by atoms with E-state index in [-0.39, 0.29) is 12.6 Å². The predicted octanol–water partition coefficient (Wildman–Crippen LogP) is 0.470. The molecule has 3 N–H and O–H groups in total. The predicted molar refractivity (Wildman–Crippen MR) is 52.0 cm³/mol. The smallest absolute Gasteiger partial charge is 0.0581 e. The van der Waals surface area contributed by atoms with Gasteiger partial charge in [-0.15, -0.1) is 0 Å². The van der Waals surface area contributed by atoms with Crippen molar-refractivity contribution in [3.05, 3.63) is 12.3 Å². The summed E-state index contributed by atoms with van der Waals surface area (Å²) in [6.07, 6.45) is 2.05. The number of nitrogens with one attached hydrogen (secondary N) is 2. The fourth-order valence-corrected chi connectivity index (χ4v) is 0.840. The number of hydrogen-bond acceptors (Lipinski definition) is 3. The third kappa shape index (κ3) is 6.19. The highest BCUT2D eigenvalue weighted by Crippen LogP contribution is 1.95. The second-order valence-electron chi connectivity index (χ2n) is 2.99. The summed E-state index contributed by atoms with van der Waals surface area (Å²) in [6.45, 7) is 6.92. The van der Waals surface area contributed by atoms with Crippen LogP contribution in [0.3, 0.4) is 0 Å². The Hall–Kier alpha value is -0.540. The summed E-state index contributed by atoms with van der Waals surface area (Å²) >= 11 is 0. The maximum Gasteiger partial charge on any atom is 0.0581 e. The summed E-state index contributed by atoms with van der Waals surface area (Å²) in [5.74, 6) is 0. The Balaban J connectivity index is 3.15. The van der Waals surface area contributed by atoms with E-state index in [4.69, 9.17) is 5.11 Å². The molecule has 0 saturated carbocycles. The van der Waals surface area contributed by atoms with E-state index in [0.717, 1.165) is 25.1 Å². The van der Waals surface area contributed by atoms with Crippen LogP contribution in [0.2, 0.25) is 0 Å². The lowest BCUT2D eigenvalue weighted by atomic mass is 10.2. The van der Waals surface area contributed by atoms with Crippen LogP contribution in [0.4, 0.5) is 0 Å². The van der Waals surface area contributed by atoms with Crippen molar-refractivity contribution in [2.75, 3.05) is 20.2 Å². The van der Waals surface area contributed by atoms with Gasteiger partial charge in [0.2, 0.25) is 0 Å². The Kier molecular flexibility index (Phi) is 6.81. The third-order valence-corrected chi connectivity index (χ3v) is 1.78. The topological polar surface area (TPSA) is 44.3 Å². The summed E-state index contributed by atoms with van der Waals surface area (Å²) in [4.78, 5) is 0. The van der Waals surface area contributed by atoms with Gasteiger partial charge in [0.05, 0.1) is 6.61 Å². The second kappa shape index (κ2) is 7.13. The quantitative estimate of drug-likeness (QED) is 0.489. The van der Waals surface area contributed by atoms with E-state index in [9.17, 15) is 0 Å². The molecule has 3 nitrogen and oxygen atoms in total. The van der Waals surface area contributed by atoms with Crippen molar-refractivity contribution in [1.82, 2.24) is 10.6 Å². The summed E-state index contributed by atoms with van der Waals surface area (Å²) in [5.41, 5.74) is 1.06. The second-order valence-corrected chi connectivity index (χ2v) is 2.99. The molecule has 12 heavy (non-hydrogen) atoms. The van der Waals surface area contributed by atoms with Crippen molar-refractivity contribution in [2.45, 2.75) is 25.8 Å². The van der Waals surface area contributed by atoms with E-state index >= 15 is 0 Å². The molecule has 0 amide bonds. The molecule has 0 fully saturated rings. The molecule has 0 aliphatic heterocycles. The Bertz CT molecular complexity index is 126. The normalized spacial score (nSPS) is 12.6. The molecule has 0 aromatic rings. The SMILES string of the molecule is C=C(CCCNC(C)CO)NC. The zero-order chi connectivity index (χ0) is 9.40. The van der Waals surface area contributed by atoms with Gasteiger partial charge < -0.3 is 15.7 Å². The molecule has 0 saturated heterocycles. The van der Waals surface area contributed by atoms with Crippen LogP contribution in [0, 0.1) is 0 Å². The van der Waals surface area contributed by atoms with Gasteiger partial charge in [-0.3, -0.25) is 0 Å². The first-order chi connectivity index (χ1) is 5.70. The van der Waals surface area contributed by atoms with Crippen LogP contribution in [0.15, 0.2) is 12.3 Å². The average Bonchev–Trinajstić information content (AvgIpc) is 2.11. The fourth-order valence-electron chi connectivity index (χ4n) is 0.840. The molecule has 0 bridgehead atoms. The number of hydrogen-bond donors (Lipinski definition) is 3. The lowest BCUT2D eigenvalue weighted by Crippen LogP contribution is -2.30. The molecule has 0 aliphatic carbocycles. The first kappa shape index (κ1) is 11.5. The lowest BCUT2D eigenvalue weighted by molar-refractivity contribution is 0.251. The van der Waals surface area contributed by atoms with Crippen molar-refractivity contribution >= 4 is 0 Å². The minimum Gasteiger partial charge on any atom is -0.395 e. The molecule has 72 valence electrons. The molecule has 0 spiro atoms. The number of aliphatic hydroxyl groups excluding tert-OH is 1. The largest absolute Gasteiger partial charge is 0.395 e. The van der Waals surface area contributed by atoms with Gasteiger partial charge >= 0.3 is 0 Å². The van der Waals surface area contributed by atoms with Crippen LogP contribution in [-0.4, -0.2) is 31.3 Å². The summed E-state index contributed by atoms with van der Waals surface area (Å²) < 4.78 is 0. The van der Waals surface area contributed by atoms with Crippen LogP contribution in [-0.2, 0) is 0 Å². The van der Waals surface area contributed by atoms with Gasteiger partial charge in [0.1, 0.15) is 0 Å². The van der Waals surface area contributed by atoms with E-state index in [2.05, 4.69) is 17.2 Å². The number of allylic oxidation sites excluding steroid dienone is 1. The highest BCUT2D eigenvalue weighted by atomic mass is 16.3. The molecule has 0 aromatic carbocycles. The third-order valence-electron chi connectivity index (χ3n) is 1.78. The van der Waals surface area contributed by atoms with Crippen molar-refractivity contribution < 1.29 is 5.11 Å². The molecule has 0 rings (SSSR count). The Morgan fingerprint density at radius 2 is 2.25 bits per heavy atom. The zero-order valence-electron chi connectivity index (χ0n) is 8.06. The molecule has 3 heteroatoms. The van der Waals surface area contributed by atoms with E-state index in [1.165, 1.54) is 0 Å². The molecule has 1 unspecified atom stereocenters. The van der Waals surface area contributed by atoms with Crippen LogP contribution < -0.4 is 10.6 Å². The highest BCUT2D eigenvalue weighted by molar-refractivity contribution is 4.88. The van der Waals surface area contributed by atoms with Gasteiger partial charge in [-0.05, 0) is 26.3 Å². The molecule has 0 aromatic heterocycles. The standard InChI is InChI=1S/C9H20N2O/c1-8(10-3)5-4-6-11-9(2)7-12/h9-12H,1,4-7H2,2-3H3. The summed E-state index contributed by atoms with van der Waals surface area (Å²) in [6, 6.07) is 0.202. The minimum atomic E-state index is 0.201. The van der Waals surface area contributed by atoms with E-state index in [1.807, 2.05) is 14.0 Å². The van der Waals surface area contributed by atoms with Crippen LogP contribution in [0.5, 0.6) is 0 Å². The summed E-state index contributed by atoms with van der Waals surface area (Å²) in [7, 11) is 1.88. The van der Waals surface area contributed by atoms with Crippen molar-refractivity contribution in [3.8, 4) is 0 Å². The first-order valence-electron chi connectivity index (χ1n) is 4.40. The molecule has 0 aliphatic rings. The molecular weight excluding hydrogens is 152 g/mol. The fraction of sp³-hybridized carbons (Fsp3) is 0.778. The van der Waals surface area contributed by atoms with Crippen LogP contribution in [0.25, 0.3) is 0 Å². The van der Waals surface area contributed by atoms with E-state index < -0.39 is 0 Å². The molecule has 0 radical (unpaired) electrons. The minimum absolute atomic E-state index is 0.201. The van der Waals surface area contributed by atoms with Gasteiger partial charge in [-0.25, -0.2) is 0 Å². The lowest BCUT2D eigenvalue weighted by Gasteiger charge is -2.10. The average molecular weight is 172 g/mol. The Morgan fingerprint density at radius 3 is 2.75 bits per heavy atom. The maximum atomic E-state index is 8.70. The Labute approximate surface area is 74.9 Å². The monoisotopic (exact) mass is 172 g/mol. The Morgan fingerprint density at radius 1 is 1.58 bits per heavy atom. The van der Waals surface area contributed by atoms with Gasteiger partial charge in [0.25, 0.3) is 0 Å². The van der Waals surface area contributed by atoms with Gasteiger partial charge in [-0.2, -0.15) is 0 Å². The van der Waals surface area contributed by atoms with Crippen molar-refractivity contribution in [2.24, 2.45) is 0 Å². The summed E-state index contributed by atoms with van der Waals surface area (Å²) in [5, 5.41) is 14.9. The molecule has 0 heterocycles. The zero-order valence-corrected chi connectivity index (χ0v) is 8.06. The first-order valence-corrected chi connectivity index (χ1v) is 4.40. The maximum absolute atomic E-state index is 8.70. The van der Waals surface area contributed by atoms with E-state index in [1.54, 1.807) is 0 Å². The van der Waals surface area contributed by atoms with Gasteiger partial charge in [-0.1, -0.05) is 6.58 Å². The van der Waals surface area contributed by atoms with Gasteiger partial charge in [0.15, 0.2) is 0 Å². The number of aliphatic hydroxyl groups is 1. The van der Waals surface area contributed by atoms with Crippen molar-refractivity contribution in [1.29, 1.82) is 0 Å². The molecule has 1 atom stereocenters. The van der Waals surface area contributed by atoms with Crippen molar-refractivity contribution in [3.63, 3.8) is 0 Å². The number of rotatable bonds is 7. The van der Waals surface area contributed by atoms with Crippen LogP contribution in [0.1, 0.15) is 19.8 Å². The van der Waals surface area contributed by atoms with Crippen LogP contribution >= 0.6 is 0 Å². The van der Waals surface area contributed by atoms with E-state index in [0.29, 0.717) is 0 Å². The van der Waals surface area contributed by atoms with Gasteiger partial charge in [0, 0.05) is 18.8 Å². The highest BCUT2D eigenvalue weighted by Gasteiger charge is 1.97.